The summed E-state index contributed by atoms with van der Waals surface area (Å²) in [6, 6.07) is 8.64. The molecule has 2 aromatic rings. The first-order valence-electron chi connectivity index (χ1n) is 10.7. The molecule has 0 spiro atoms. The van der Waals surface area contributed by atoms with E-state index in [0.29, 0.717) is 42.7 Å². The normalized spacial score (nSPS) is 17.9. The second-order valence-electron chi connectivity index (χ2n) is 7.99. The fourth-order valence-electron chi connectivity index (χ4n) is 3.71. The highest BCUT2D eigenvalue weighted by Crippen LogP contribution is 2.29. The first kappa shape index (κ1) is 25.0. The highest BCUT2D eigenvalue weighted by atomic mass is 35.5. The average Bonchev–Trinajstić information content (AvgIpc) is 2.79. The number of benzene rings is 2. The molecule has 1 aliphatic rings. The molecule has 0 unspecified atom stereocenters. The number of carboxylic acids is 1. The average molecular weight is 496 g/mol. The number of hydrogen-bond acceptors (Lipinski definition) is 4. The van der Waals surface area contributed by atoms with Crippen molar-refractivity contribution >= 4 is 40.9 Å². The summed E-state index contributed by atoms with van der Waals surface area (Å²) in [6.07, 6.45) is 2.38. The van der Waals surface area contributed by atoms with Crippen molar-refractivity contribution in [3.63, 3.8) is 0 Å². The molecule has 33 heavy (non-hydrogen) atoms. The highest BCUT2D eigenvalue weighted by Gasteiger charge is 2.27. The molecule has 0 atom stereocenters. The van der Waals surface area contributed by atoms with Gasteiger partial charge in [0.25, 0.3) is 5.91 Å². The smallest absolute Gasteiger partial charge is 0.306 e. The van der Waals surface area contributed by atoms with Gasteiger partial charge in [-0.25, -0.2) is 4.39 Å². The number of carbonyl (C=O) groups is 3. The van der Waals surface area contributed by atoms with Gasteiger partial charge in [-0.1, -0.05) is 23.2 Å². The maximum absolute atomic E-state index is 14.5. The van der Waals surface area contributed by atoms with Gasteiger partial charge in [0.2, 0.25) is 0 Å². The number of ketones is 1. The fraction of sp³-hybridized carbons (Fsp3) is 0.375. The zero-order chi connectivity index (χ0) is 24.0. The first-order chi connectivity index (χ1) is 15.7. The number of halogens is 3. The van der Waals surface area contributed by atoms with Crippen molar-refractivity contribution in [2.24, 2.45) is 5.92 Å². The van der Waals surface area contributed by atoms with Crippen molar-refractivity contribution in [1.82, 2.24) is 5.32 Å². The van der Waals surface area contributed by atoms with Crippen LogP contribution < -0.4 is 10.1 Å². The Morgan fingerprint density at radius 2 is 1.70 bits per heavy atom. The van der Waals surface area contributed by atoms with Crippen LogP contribution in [0.3, 0.4) is 0 Å². The third-order valence-corrected chi connectivity index (χ3v) is 6.36. The molecule has 1 fully saturated rings. The number of hydrogen-bond donors (Lipinski definition) is 2. The molecule has 9 heteroatoms. The van der Waals surface area contributed by atoms with Crippen molar-refractivity contribution in [2.75, 3.05) is 6.54 Å². The Labute approximate surface area is 201 Å². The van der Waals surface area contributed by atoms with Crippen LogP contribution in [0.5, 0.6) is 5.75 Å². The van der Waals surface area contributed by atoms with Gasteiger partial charge < -0.3 is 15.2 Å². The molecule has 1 saturated carbocycles. The summed E-state index contributed by atoms with van der Waals surface area (Å²) in [6.45, 7) is 0.271. The monoisotopic (exact) mass is 495 g/mol. The summed E-state index contributed by atoms with van der Waals surface area (Å²) < 4.78 is 20.2. The van der Waals surface area contributed by atoms with Gasteiger partial charge >= 0.3 is 5.97 Å². The molecular weight excluding hydrogens is 472 g/mol. The molecule has 2 aromatic carbocycles. The zero-order valence-electron chi connectivity index (χ0n) is 17.8. The third-order valence-electron chi connectivity index (χ3n) is 5.62. The predicted molar refractivity (Wildman–Crippen MR) is 123 cm³/mol. The number of aliphatic carboxylic acids is 1. The van der Waals surface area contributed by atoms with Crippen LogP contribution in [0, 0.1) is 11.7 Å². The first-order valence-corrected chi connectivity index (χ1v) is 11.5. The van der Waals surface area contributed by atoms with E-state index < -0.39 is 11.8 Å². The van der Waals surface area contributed by atoms with Crippen LogP contribution in [0.25, 0.3) is 0 Å². The summed E-state index contributed by atoms with van der Waals surface area (Å²) in [5.74, 6) is -2.33. The number of nitrogens with one attached hydrogen (secondary N) is 1. The van der Waals surface area contributed by atoms with Gasteiger partial charge in [0.15, 0.2) is 17.3 Å². The van der Waals surface area contributed by atoms with Gasteiger partial charge in [0.1, 0.15) is 0 Å². The minimum atomic E-state index is -0.809. The lowest BCUT2D eigenvalue weighted by Gasteiger charge is -2.27. The van der Waals surface area contributed by atoms with Crippen LogP contribution in [0.2, 0.25) is 10.0 Å². The number of ether oxygens (including phenoxy) is 1. The Morgan fingerprint density at radius 1 is 1.00 bits per heavy atom. The van der Waals surface area contributed by atoms with Crippen molar-refractivity contribution in [1.29, 1.82) is 0 Å². The maximum Gasteiger partial charge on any atom is 0.306 e. The van der Waals surface area contributed by atoms with Gasteiger partial charge in [-0.05, 0) is 68.5 Å². The molecule has 0 bridgehead atoms. The minimum Gasteiger partial charge on any atom is -0.487 e. The van der Waals surface area contributed by atoms with Crippen LogP contribution >= 0.6 is 23.2 Å². The second kappa shape index (κ2) is 11.5. The number of amides is 1. The molecular formula is C24H24Cl2FNO5. The topological polar surface area (TPSA) is 92.7 Å². The number of rotatable bonds is 9. The van der Waals surface area contributed by atoms with Crippen molar-refractivity contribution in [2.45, 2.75) is 44.6 Å². The molecule has 1 aliphatic carbocycles. The Hall–Kier alpha value is -2.64. The highest BCUT2D eigenvalue weighted by molar-refractivity contribution is 6.42. The van der Waals surface area contributed by atoms with Crippen LogP contribution in [-0.2, 0) is 4.79 Å². The molecule has 3 rings (SSSR count). The Morgan fingerprint density at radius 3 is 2.33 bits per heavy atom. The molecule has 6 nitrogen and oxygen atoms in total. The summed E-state index contributed by atoms with van der Waals surface area (Å²) in [5.41, 5.74) is 0.593. The molecule has 0 radical (unpaired) electrons. The molecule has 0 aromatic heterocycles. The van der Waals surface area contributed by atoms with E-state index in [9.17, 15) is 18.8 Å². The third kappa shape index (κ3) is 6.92. The van der Waals surface area contributed by atoms with E-state index in [4.69, 9.17) is 33.0 Å². The number of Topliss-reactive ketones (excluding diaryl/α,β-unsaturated/α-hetero) is 1. The lowest BCUT2D eigenvalue weighted by Crippen LogP contribution is -2.28. The van der Waals surface area contributed by atoms with Crippen LogP contribution in [-0.4, -0.2) is 35.4 Å². The molecule has 176 valence electrons. The Balaban J connectivity index is 1.44. The Kier molecular flexibility index (Phi) is 8.69. The Bertz CT molecular complexity index is 1040. The quantitative estimate of drug-likeness (QED) is 0.351. The lowest BCUT2D eigenvalue weighted by molar-refractivity contribution is -0.143. The van der Waals surface area contributed by atoms with E-state index in [0.717, 1.165) is 6.07 Å². The van der Waals surface area contributed by atoms with Gasteiger partial charge in [-0.3, -0.25) is 14.4 Å². The van der Waals surface area contributed by atoms with E-state index in [1.54, 1.807) is 6.07 Å². The van der Waals surface area contributed by atoms with Crippen LogP contribution in [0.15, 0.2) is 36.4 Å². The molecule has 1 amide bonds. The van der Waals surface area contributed by atoms with E-state index in [2.05, 4.69) is 5.32 Å². The maximum atomic E-state index is 14.5. The summed E-state index contributed by atoms with van der Waals surface area (Å²) in [5, 5.41) is 12.4. The molecule has 0 saturated heterocycles. The van der Waals surface area contributed by atoms with E-state index in [1.807, 2.05) is 0 Å². The van der Waals surface area contributed by atoms with Crippen LogP contribution in [0.4, 0.5) is 4.39 Å². The standard InChI is InChI=1S/C24H24Cl2FNO5/c25-18-9-5-16(12-19(18)26)23(30)28-11-1-2-21(29)15-6-10-22(20(27)13-15)33-17-7-3-14(4-8-17)24(31)32/h5-6,9-10,12-14,17H,1-4,7-8,11H2,(H,28,30)(H,31,32). The second-order valence-corrected chi connectivity index (χ2v) is 8.80. The van der Waals surface area contributed by atoms with E-state index in [-0.39, 0.29) is 53.0 Å². The minimum absolute atomic E-state index is 0.0548. The van der Waals surface area contributed by atoms with Gasteiger partial charge in [-0.2, -0.15) is 0 Å². The summed E-state index contributed by atoms with van der Waals surface area (Å²) in [4.78, 5) is 35.5. The molecule has 0 heterocycles. The predicted octanol–water partition coefficient (Wildman–Crippen LogP) is 5.55. The largest absolute Gasteiger partial charge is 0.487 e. The van der Waals surface area contributed by atoms with Crippen LogP contribution in [0.1, 0.15) is 59.2 Å². The summed E-state index contributed by atoms with van der Waals surface area (Å²) >= 11 is 11.7. The van der Waals surface area contributed by atoms with Gasteiger partial charge in [0, 0.05) is 24.1 Å². The molecule has 0 aliphatic heterocycles. The number of carbonyl (C=O) groups excluding carboxylic acids is 2. The van der Waals surface area contributed by atoms with Gasteiger partial charge in [-0.15, -0.1) is 0 Å². The van der Waals surface area contributed by atoms with E-state index in [1.165, 1.54) is 24.3 Å². The number of carboxylic acid groups (broad SMARTS) is 1. The lowest BCUT2D eigenvalue weighted by atomic mass is 9.87. The van der Waals surface area contributed by atoms with Gasteiger partial charge in [0.05, 0.1) is 22.1 Å². The van der Waals surface area contributed by atoms with Crippen molar-refractivity contribution < 1.29 is 28.6 Å². The molecule has 2 N–H and O–H groups in total. The van der Waals surface area contributed by atoms with Crippen molar-refractivity contribution in [3.8, 4) is 5.75 Å². The van der Waals surface area contributed by atoms with Crippen molar-refractivity contribution in [3.05, 3.63) is 63.4 Å². The van der Waals surface area contributed by atoms with E-state index >= 15 is 0 Å². The summed E-state index contributed by atoms with van der Waals surface area (Å²) in [7, 11) is 0. The SMILES string of the molecule is O=C(CCCNC(=O)c1ccc(Cl)c(Cl)c1)c1ccc(OC2CCC(C(=O)O)CC2)c(F)c1. The fourth-order valence-corrected chi connectivity index (χ4v) is 4.01. The zero-order valence-corrected chi connectivity index (χ0v) is 19.3.